The van der Waals surface area contributed by atoms with Gasteiger partial charge in [0.1, 0.15) is 17.5 Å². The summed E-state index contributed by atoms with van der Waals surface area (Å²) in [5, 5.41) is 26.2. The van der Waals surface area contributed by atoms with Crippen LogP contribution in [0.15, 0.2) is 24.3 Å². The number of hydrogen-bond donors (Lipinski definition) is 5. The van der Waals surface area contributed by atoms with Crippen molar-refractivity contribution < 1.29 is 19.8 Å². The van der Waals surface area contributed by atoms with Crippen LogP contribution in [0.2, 0.25) is 0 Å². The quantitative estimate of drug-likeness (QED) is 0.430. The Bertz CT molecular complexity index is 980. The molecule has 174 valence electrons. The smallest absolute Gasteiger partial charge is 0.268 e. The number of benzene rings is 1. The molecule has 0 saturated heterocycles. The molecule has 2 aromatic rings. The molecule has 1 heterocycles. The van der Waals surface area contributed by atoms with Crippen LogP contribution in [0.4, 0.5) is 0 Å². The summed E-state index contributed by atoms with van der Waals surface area (Å²) in [7, 11) is 0. The fraction of sp³-hybridized carbons (Fsp3) is 0.520. The van der Waals surface area contributed by atoms with Crippen LogP contribution in [0.25, 0.3) is 0 Å². The lowest BCUT2D eigenvalue weighted by Gasteiger charge is -2.33. The highest BCUT2D eigenvalue weighted by atomic mass is 16.3. The van der Waals surface area contributed by atoms with E-state index in [0.29, 0.717) is 24.1 Å². The summed E-state index contributed by atoms with van der Waals surface area (Å²) in [4.78, 5) is 29.2. The number of hydrogen-bond acceptors (Lipinski definition) is 4. The number of para-hydroxylation sites is 1. The molecule has 1 aliphatic carbocycles. The number of fused-ring (bicyclic) bond motifs is 1. The predicted molar refractivity (Wildman–Crippen MR) is 123 cm³/mol. The molecule has 0 radical (unpaired) electrons. The second-order valence-corrected chi connectivity index (χ2v) is 9.59. The first kappa shape index (κ1) is 23.9. The van der Waals surface area contributed by atoms with Crippen molar-refractivity contribution in [3.8, 4) is 5.75 Å². The van der Waals surface area contributed by atoms with Crippen molar-refractivity contribution in [2.75, 3.05) is 0 Å². The number of carbonyl (C=O) groups excluding carboxylic acids is 2. The third-order valence-electron chi connectivity index (χ3n) is 6.25. The summed E-state index contributed by atoms with van der Waals surface area (Å²) in [5.41, 5.74) is 3.41. The number of nitrogens with one attached hydrogen (secondary N) is 3. The van der Waals surface area contributed by atoms with Gasteiger partial charge in [-0.3, -0.25) is 9.59 Å². The number of phenols is 1. The molecule has 0 aliphatic heterocycles. The van der Waals surface area contributed by atoms with E-state index in [2.05, 4.69) is 29.5 Å². The number of carbonyl (C=O) groups is 2. The van der Waals surface area contributed by atoms with Crippen LogP contribution in [-0.2, 0) is 17.8 Å². The molecule has 32 heavy (non-hydrogen) atoms. The zero-order chi connectivity index (χ0) is 23.5. The highest BCUT2D eigenvalue weighted by Gasteiger charge is 2.35. The minimum absolute atomic E-state index is 0.0516. The van der Waals surface area contributed by atoms with Crippen molar-refractivity contribution >= 4 is 11.8 Å². The first-order valence-corrected chi connectivity index (χ1v) is 11.4. The topological polar surface area (TPSA) is 114 Å². The van der Waals surface area contributed by atoms with Gasteiger partial charge in [-0.15, -0.1) is 0 Å². The van der Waals surface area contributed by atoms with E-state index < -0.39 is 12.1 Å². The molecule has 7 heteroatoms. The Morgan fingerprint density at radius 3 is 2.69 bits per heavy atom. The van der Waals surface area contributed by atoms with Gasteiger partial charge in [0.25, 0.3) is 5.91 Å². The Labute approximate surface area is 189 Å². The predicted octanol–water partition coefficient (Wildman–Crippen LogP) is 3.64. The fourth-order valence-corrected chi connectivity index (χ4v) is 4.54. The number of aliphatic hydroxyl groups excluding tert-OH is 1. The second-order valence-electron chi connectivity index (χ2n) is 9.59. The number of aromatic hydroxyl groups is 1. The molecule has 1 aromatic carbocycles. The van der Waals surface area contributed by atoms with Crippen molar-refractivity contribution in [1.29, 1.82) is 0 Å². The van der Waals surface area contributed by atoms with Gasteiger partial charge < -0.3 is 25.8 Å². The summed E-state index contributed by atoms with van der Waals surface area (Å²) in [6.07, 6.45) is 3.01. The second kappa shape index (κ2) is 9.77. The van der Waals surface area contributed by atoms with Crippen molar-refractivity contribution in [2.24, 2.45) is 5.41 Å². The molecular weight excluding hydrogens is 406 g/mol. The van der Waals surface area contributed by atoms with Crippen LogP contribution in [-0.4, -0.2) is 33.1 Å². The van der Waals surface area contributed by atoms with Crippen LogP contribution in [0.5, 0.6) is 5.75 Å². The fourth-order valence-electron chi connectivity index (χ4n) is 4.54. The van der Waals surface area contributed by atoms with Gasteiger partial charge in [0, 0.05) is 23.4 Å². The standard InChI is InChI=1S/C25H35N3O4/c1-5-6-10-17(23(31)26-14-16-9-7-8-11-19(16)29)28-24(32)22-15(2)21-18(27-22)12-25(3,4)13-20(21)30/h7-9,11,17,20,27,29-30H,5-6,10,12-14H2,1-4H3,(H,26,31)(H,28,32). The average Bonchev–Trinajstić information content (AvgIpc) is 3.05. The molecule has 7 nitrogen and oxygen atoms in total. The van der Waals surface area contributed by atoms with Crippen molar-refractivity contribution in [1.82, 2.24) is 15.6 Å². The Morgan fingerprint density at radius 2 is 2.00 bits per heavy atom. The van der Waals surface area contributed by atoms with E-state index in [1.54, 1.807) is 24.3 Å². The van der Waals surface area contributed by atoms with Crippen LogP contribution in [0.3, 0.4) is 0 Å². The van der Waals surface area contributed by atoms with E-state index in [4.69, 9.17) is 0 Å². The normalized spacial score (nSPS) is 18.0. The number of aromatic nitrogens is 1. The number of amides is 2. The lowest BCUT2D eigenvalue weighted by molar-refractivity contribution is -0.123. The van der Waals surface area contributed by atoms with E-state index in [0.717, 1.165) is 36.1 Å². The maximum Gasteiger partial charge on any atom is 0.268 e. The van der Waals surface area contributed by atoms with Crippen LogP contribution in [0, 0.1) is 12.3 Å². The van der Waals surface area contributed by atoms with Gasteiger partial charge in [-0.1, -0.05) is 51.8 Å². The summed E-state index contributed by atoms with van der Waals surface area (Å²) in [5.74, 6) is -0.512. The molecule has 1 aromatic heterocycles. The Balaban J connectivity index is 1.74. The first-order chi connectivity index (χ1) is 15.1. The molecule has 2 atom stereocenters. The lowest BCUT2D eigenvalue weighted by Crippen LogP contribution is -2.46. The largest absolute Gasteiger partial charge is 0.508 e. The van der Waals surface area contributed by atoms with E-state index in [1.165, 1.54) is 0 Å². The Morgan fingerprint density at radius 1 is 1.28 bits per heavy atom. The molecule has 0 fully saturated rings. The SMILES string of the molecule is CCCCC(NC(=O)c1[nH]c2c(c1C)C(O)CC(C)(C)C2)C(=O)NCc1ccccc1O. The average molecular weight is 442 g/mol. The zero-order valence-electron chi connectivity index (χ0n) is 19.4. The van der Waals surface area contributed by atoms with Gasteiger partial charge in [0.2, 0.25) is 5.91 Å². The van der Waals surface area contributed by atoms with Gasteiger partial charge >= 0.3 is 0 Å². The van der Waals surface area contributed by atoms with E-state index in [9.17, 15) is 19.8 Å². The first-order valence-electron chi connectivity index (χ1n) is 11.4. The number of aliphatic hydroxyl groups is 1. The molecule has 2 unspecified atom stereocenters. The minimum atomic E-state index is -0.686. The van der Waals surface area contributed by atoms with E-state index in [1.807, 2.05) is 13.8 Å². The number of aromatic amines is 1. The molecule has 3 rings (SSSR count). The molecular formula is C25H35N3O4. The maximum absolute atomic E-state index is 13.1. The number of H-pyrrole nitrogens is 1. The summed E-state index contributed by atoms with van der Waals surface area (Å²) < 4.78 is 0. The van der Waals surface area contributed by atoms with Crippen molar-refractivity contribution in [3.05, 3.63) is 52.3 Å². The lowest BCUT2D eigenvalue weighted by atomic mass is 9.75. The van der Waals surface area contributed by atoms with Gasteiger partial charge in [-0.25, -0.2) is 0 Å². The van der Waals surface area contributed by atoms with Gasteiger partial charge in [-0.05, 0) is 43.2 Å². The highest BCUT2D eigenvalue weighted by molar-refractivity contribution is 5.97. The summed E-state index contributed by atoms with van der Waals surface area (Å²) in [6.45, 7) is 8.26. The van der Waals surface area contributed by atoms with Crippen LogP contribution >= 0.6 is 0 Å². The number of rotatable bonds is 8. The van der Waals surface area contributed by atoms with E-state index in [-0.39, 0.29) is 29.5 Å². The minimum Gasteiger partial charge on any atom is -0.508 e. The molecule has 2 amide bonds. The molecule has 0 bridgehead atoms. The van der Waals surface area contributed by atoms with Gasteiger partial charge in [0.15, 0.2) is 0 Å². The Kier molecular flexibility index (Phi) is 7.29. The zero-order valence-corrected chi connectivity index (χ0v) is 19.4. The van der Waals surface area contributed by atoms with Gasteiger partial charge in [0.05, 0.1) is 6.10 Å². The molecule has 0 spiro atoms. The maximum atomic E-state index is 13.1. The monoisotopic (exact) mass is 441 g/mol. The highest BCUT2D eigenvalue weighted by Crippen LogP contribution is 2.42. The van der Waals surface area contributed by atoms with E-state index >= 15 is 0 Å². The Hall–Kier alpha value is -2.80. The molecule has 1 aliphatic rings. The number of phenolic OH excluding ortho intramolecular Hbond substituents is 1. The third-order valence-corrected chi connectivity index (χ3v) is 6.25. The van der Waals surface area contributed by atoms with Crippen molar-refractivity contribution in [3.63, 3.8) is 0 Å². The third kappa shape index (κ3) is 5.33. The van der Waals surface area contributed by atoms with Crippen LogP contribution in [0.1, 0.15) is 85.4 Å². The molecule has 5 N–H and O–H groups in total. The summed E-state index contributed by atoms with van der Waals surface area (Å²) in [6, 6.07) is 6.15. The summed E-state index contributed by atoms with van der Waals surface area (Å²) >= 11 is 0. The number of unbranched alkanes of at least 4 members (excludes halogenated alkanes) is 1. The van der Waals surface area contributed by atoms with Gasteiger partial charge in [-0.2, -0.15) is 0 Å². The van der Waals surface area contributed by atoms with Crippen molar-refractivity contribution in [2.45, 2.75) is 78.5 Å². The van der Waals surface area contributed by atoms with Crippen LogP contribution < -0.4 is 10.6 Å². The molecule has 0 saturated carbocycles.